The Hall–Kier alpha value is -3.76. The van der Waals surface area contributed by atoms with E-state index in [-0.39, 0.29) is 28.8 Å². The minimum absolute atomic E-state index is 0.00228. The van der Waals surface area contributed by atoms with Crippen LogP contribution in [0.3, 0.4) is 0 Å². The normalized spacial score (nSPS) is 12.3. The molecule has 0 aliphatic carbocycles. The minimum Gasteiger partial charge on any atom is -0.497 e. The second-order valence-corrected chi connectivity index (χ2v) is 13.5. The maximum absolute atomic E-state index is 14.3. The Kier molecular flexibility index (Phi) is 11.1. The summed E-state index contributed by atoms with van der Waals surface area (Å²) in [5.74, 6) is -0.317. The number of aryl methyl sites for hydroxylation is 1. The van der Waals surface area contributed by atoms with Gasteiger partial charge in [-0.15, -0.1) is 0 Å². The summed E-state index contributed by atoms with van der Waals surface area (Å²) in [6.45, 7) is 8.67. The summed E-state index contributed by atoms with van der Waals surface area (Å²) in [4.78, 5) is 29.2. The zero-order valence-corrected chi connectivity index (χ0v) is 27.3. The Labute approximate surface area is 259 Å². The van der Waals surface area contributed by atoms with Crippen molar-refractivity contribution in [1.82, 2.24) is 10.2 Å². The number of carbonyl (C=O) groups excluding carboxylic acids is 2. The molecule has 1 atom stereocenters. The summed E-state index contributed by atoms with van der Waals surface area (Å²) in [5.41, 5.74) is 1.18. The number of anilines is 1. The molecule has 1 unspecified atom stereocenters. The number of hydrogen-bond donors (Lipinski definition) is 1. The van der Waals surface area contributed by atoms with Crippen molar-refractivity contribution in [2.45, 2.75) is 64.1 Å². The number of carbonyl (C=O) groups is 2. The van der Waals surface area contributed by atoms with E-state index in [4.69, 9.17) is 21.1 Å². The third-order valence-electron chi connectivity index (χ3n) is 6.69. The fourth-order valence-electron chi connectivity index (χ4n) is 4.50. The molecule has 43 heavy (non-hydrogen) atoms. The van der Waals surface area contributed by atoms with Crippen molar-refractivity contribution in [3.05, 3.63) is 82.9 Å². The van der Waals surface area contributed by atoms with E-state index in [0.717, 1.165) is 15.4 Å². The first-order valence-electron chi connectivity index (χ1n) is 13.9. The highest BCUT2D eigenvalue weighted by atomic mass is 35.5. The molecule has 0 heterocycles. The molecule has 232 valence electrons. The van der Waals surface area contributed by atoms with Crippen LogP contribution in [-0.4, -0.2) is 57.5 Å². The molecular formula is C32H40ClN3O6S. The Morgan fingerprint density at radius 2 is 1.58 bits per heavy atom. The largest absolute Gasteiger partial charge is 0.497 e. The molecule has 0 radical (unpaired) electrons. The third-order valence-corrected chi connectivity index (χ3v) is 8.72. The Balaban J connectivity index is 2.16. The molecule has 0 aliphatic rings. The maximum atomic E-state index is 14.3. The van der Waals surface area contributed by atoms with Crippen LogP contribution in [-0.2, 0) is 26.2 Å². The molecule has 0 bridgehead atoms. The zero-order chi connectivity index (χ0) is 31.9. The molecule has 1 N–H and O–H groups in total. The van der Waals surface area contributed by atoms with Crippen LogP contribution < -0.4 is 19.1 Å². The minimum atomic E-state index is -4.28. The van der Waals surface area contributed by atoms with Crippen LogP contribution in [0.2, 0.25) is 5.02 Å². The van der Waals surface area contributed by atoms with Crippen molar-refractivity contribution in [2.75, 3.05) is 25.1 Å². The topological polar surface area (TPSA) is 105 Å². The number of nitrogens with one attached hydrogen (secondary N) is 1. The number of benzene rings is 3. The van der Waals surface area contributed by atoms with E-state index in [1.54, 1.807) is 55.5 Å². The Bertz CT molecular complexity index is 1520. The predicted molar refractivity (Wildman–Crippen MR) is 169 cm³/mol. The number of nitrogens with zero attached hydrogens (tertiary/aromatic N) is 2. The van der Waals surface area contributed by atoms with Gasteiger partial charge in [-0.3, -0.25) is 13.9 Å². The van der Waals surface area contributed by atoms with Gasteiger partial charge in [0, 0.05) is 23.2 Å². The number of ether oxygens (including phenoxy) is 2. The Morgan fingerprint density at radius 1 is 0.953 bits per heavy atom. The highest BCUT2D eigenvalue weighted by Gasteiger charge is 2.35. The summed E-state index contributed by atoms with van der Waals surface area (Å²) in [6, 6.07) is 17.1. The molecule has 9 nitrogen and oxygen atoms in total. The number of methoxy groups -OCH3 is 2. The number of hydrogen-bond acceptors (Lipinski definition) is 6. The maximum Gasteiger partial charge on any atom is 0.264 e. The van der Waals surface area contributed by atoms with Gasteiger partial charge in [0.05, 0.1) is 24.8 Å². The van der Waals surface area contributed by atoms with E-state index < -0.39 is 34.1 Å². The summed E-state index contributed by atoms with van der Waals surface area (Å²) < 4.78 is 40.3. The van der Waals surface area contributed by atoms with Crippen molar-refractivity contribution in [2.24, 2.45) is 0 Å². The van der Waals surface area contributed by atoms with Crippen molar-refractivity contribution in [1.29, 1.82) is 0 Å². The average molecular weight is 630 g/mol. The lowest BCUT2D eigenvalue weighted by atomic mass is 10.1. The summed E-state index contributed by atoms with van der Waals surface area (Å²) in [5, 5.41) is 3.49. The van der Waals surface area contributed by atoms with E-state index in [0.29, 0.717) is 17.2 Å². The molecule has 0 spiro atoms. The fraction of sp³-hybridized carbons (Fsp3) is 0.375. The average Bonchev–Trinajstić information content (AvgIpc) is 2.95. The van der Waals surface area contributed by atoms with Gasteiger partial charge in [-0.2, -0.15) is 0 Å². The van der Waals surface area contributed by atoms with Crippen LogP contribution in [0.4, 0.5) is 5.69 Å². The molecule has 3 rings (SSSR count). The first kappa shape index (κ1) is 33.7. The number of sulfonamides is 1. The standard InChI is InChI=1S/C32H40ClN3O6S/c1-8-27(31(38)34-32(3,4)5)35(20-23-11-13-24(33)14-12-23)30(37)21-36(28-19-25(41-6)15-18-29(28)42-7)43(39,40)26-16-9-22(2)10-17-26/h9-19,27H,8,20-21H2,1-7H3,(H,34,38). The Morgan fingerprint density at radius 3 is 2.12 bits per heavy atom. The molecule has 0 aliphatic heterocycles. The van der Waals surface area contributed by atoms with Crippen LogP contribution in [0, 0.1) is 6.92 Å². The van der Waals surface area contributed by atoms with Crippen molar-refractivity contribution >= 4 is 39.1 Å². The smallest absolute Gasteiger partial charge is 0.264 e. The molecule has 3 aromatic carbocycles. The van der Waals surface area contributed by atoms with Gasteiger partial charge in [-0.25, -0.2) is 8.42 Å². The molecule has 0 saturated heterocycles. The molecular weight excluding hydrogens is 590 g/mol. The van der Waals surface area contributed by atoms with Crippen molar-refractivity contribution < 1.29 is 27.5 Å². The molecule has 0 fully saturated rings. The van der Waals surface area contributed by atoms with Crippen molar-refractivity contribution in [3.63, 3.8) is 0 Å². The lowest BCUT2D eigenvalue weighted by Gasteiger charge is -2.35. The highest BCUT2D eigenvalue weighted by Crippen LogP contribution is 2.36. The summed E-state index contributed by atoms with van der Waals surface area (Å²) in [7, 11) is -1.41. The third kappa shape index (κ3) is 8.64. The van der Waals surface area contributed by atoms with Crippen LogP contribution >= 0.6 is 11.6 Å². The van der Waals surface area contributed by atoms with Gasteiger partial charge in [-0.1, -0.05) is 48.4 Å². The lowest BCUT2D eigenvalue weighted by Crippen LogP contribution is -2.55. The molecule has 3 aromatic rings. The van der Waals surface area contributed by atoms with E-state index >= 15 is 0 Å². The van der Waals surface area contributed by atoms with Gasteiger partial charge < -0.3 is 19.7 Å². The van der Waals surface area contributed by atoms with E-state index in [2.05, 4.69) is 5.32 Å². The highest BCUT2D eigenvalue weighted by molar-refractivity contribution is 7.92. The first-order valence-corrected chi connectivity index (χ1v) is 15.7. The molecule has 11 heteroatoms. The monoisotopic (exact) mass is 629 g/mol. The van der Waals surface area contributed by atoms with Gasteiger partial charge >= 0.3 is 0 Å². The van der Waals surface area contributed by atoms with E-state index in [9.17, 15) is 18.0 Å². The van der Waals surface area contributed by atoms with Crippen LogP contribution in [0.25, 0.3) is 0 Å². The van der Waals surface area contributed by atoms with Crippen LogP contribution in [0.1, 0.15) is 45.2 Å². The van der Waals surface area contributed by atoms with E-state index in [1.165, 1.54) is 37.3 Å². The van der Waals surface area contributed by atoms with Crippen molar-refractivity contribution in [3.8, 4) is 11.5 Å². The lowest BCUT2D eigenvalue weighted by molar-refractivity contribution is -0.141. The SMILES string of the molecule is CCC(C(=O)NC(C)(C)C)N(Cc1ccc(Cl)cc1)C(=O)CN(c1cc(OC)ccc1OC)S(=O)(=O)c1ccc(C)cc1. The molecule has 0 aromatic heterocycles. The predicted octanol–water partition coefficient (Wildman–Crippen LogP) is 5.58. The van der Waals surface area contributed by atoms with Crippen LogP contribution in [0.5, 0.6) is 11.5 Å². The van der Waals surface area contributed by atoms with Crippen LogP contribution in [0.15, 0.2) is 71.6 Å². The van der Waals surface area contributed by atoms with Gasteiger partial charge in [0.15, 0.2) is 0 Å². The number of amides is 2. The number of rotatable bonds is 12. The summed E-state index contributed by atoms with van der Waals surface area (Å²) in [6.07, 6.45) is 0.300. The fourth-order valence-corrected chi connectivity index (χ4v) is 6.04. The van der Waals surface area contributed by atoms with Gasteiger partial charge in [-0.05, 0) is 76.1 Å². The zero-order valence-electron chi connectivity index (χ0n) is 25.7. The number of halogens is 1. The van der Waals surface area contributed by atoms with E-state index in [1.807, 2.05) is 27.7 Å². The quantitative estimate of drug-likeness (QED) is 0.280. The molecule has 2 amide bonds. The molecule has 0 saturated carbocycles. The second-order valence-electron chi connectivity index (χ2n) is 11.2. The summed E-state index contributed by atoms with van der Waals surface area (Å²) >= 11 is 6.09. The van der Waals surface area contributed by atoms with Gasteiger partial charge in [0.1, 0.15) is 24.1 Å². The second kappa shape index (κ2) is 14.1. The van der Waals surface area contributed by atoms with Gasteiger partial charge in [0.25, 0.3) is 10.0 Å². The van der Waals surface area contributed by atoms with Gasteiger partial charge in [0.2, 0.25) is 11.8 Å². The first-order chi connectivity index (χ1) is 20.2.